The van der Waals surface area contributed by atoms with Gasteiger partial charge in [-0.15, -0.1) is 11.3 Å². The highest BCUT2D eigenvalue weighted by Crippen LogP contribution is 2.38. The molecule has 2 heterocycles. The molecule has 0 radical (unpaired) electrons. The molecule has 0 spiro atoms. The summed E-state index contributed by atoms with van der Waals surface area (Å²) in [6, 6.07) is 8.63. The Morgan fingerprint density at radius 1 is 1.23 bits per heavy atom. The van der Waals surface area contributed by atoms with Crippen LogP contribution >= 0.6 is 34.5 Å². The maximum absolute atomic E-state index is 11.7. The average molecular weight is 354 g/mol. The van der Waals surface area contributed by atoms with Gasteiger partial charge in [0, 0.05) is 10.4 Å². The Morgan fingerprint density at radius 3 is 2.64 bits per heavy atom. The summed E-state index contributed by atoms with van der Waals surface area (Å²) in [5.41, 5.74) is 0. The van der Waals surface area contributed by atoms with Crippen molar-refractivity contribution in [2.75, 3.05) is 7.11 Å². The van der Waals surface area contributed by atoms with Crippen LogP contribution in [0.4, 0.5) is 0 Å². The van der Waals surface area contributed by atoms with E-state index in [1.165, 1.54) is 24.6 Å². The molecular weight excluding hydrogens is 345 g/mol. The van der Waals surface area contributed by atoms with Gasteiger partial charge in [0.15, 0.2) is 5.75 Å². The van der Waals surface area contributed by atoms with E-state index in [1.54, 1.807) is 30.3 Å². The minimum atomic E-state index is -0.422. The smallest absolute Gasteiger partial charge is 0.348 e. The summed E-state index contributed by atoms with van der Waals surface area (Å²) < 4.78 is 11.2. The molecule has 0 aliphatic carbocycles. The van der Waals surface area contributed by atoms with Crippen molar-refractivity contribution in [3.63, 3.8) is 0 Å². The van der Waals surface area contributed by atoms with Crippen LogP contribution in [0.5, 0.6) is 11.5 Å². The number of carbonyl (C=O) groups excluding carboxylic acids is 1. The predicted octanol–water partition coefficient (Wildman–Crippen LogP) is 5.18. The van der Waals surface area contributed by atoms with Crippen molar-refractivity contribution < 1.29 is 14.3 Å². The lowest BCUT2D eigenvalue weighted by molar-refractivity contribution is 0.0606. The standard InChI is InChI=1S/C15H9Cl2NO3S/c1-20-15(19)12-6-10-11(7-18-14(17)13(10)22-12)21-9-4-2-8(16)3-5-9/h2-7H,1H3. The van der Waals surface area contributed by atoms with E-state index in [4.69, 9.17) is 32.7 Å². The number of fused-ring (bicyclic) bond motifs is 1. The fourth-order valence-corrected chi connectivity index (χ4v) is 3.24. The van der Waals surface area contributed by atoms with Crippen LogP contribution in [0.3, 0.4) is 0 Å². The fourth-order valence-electron chi connectivity index (χ4n) is 1.88. The summed E-state index contributed by atoms with van der Waals surface area (Å²) in [6.07, 6.45) is 1.52. The van der Waals surface area contributed by atoms with Gasteiger partial charge in [-0.2, -0.15) is 0 Å². The number of ether oxygens (including phenoxy) is 2. The van der Waals surface area contributed by atoms with Gasteiger partial charge >= 0.3 is 5.97 Å². The summed E-state index contributed by atoms with van der Waals surface area (Å²) in [5, 5.41) is 1.65. The van der Waals surface area contributed by atoms with Gasteiger partial charge in [-0.05, 0) is 30.3 Å². The van der Waals surface area contributed by atoms with Gasteiger partial charge in [0.05, 0.1) is 18.0 Å². The first-order valence-corrected chi connectivity index (χ1v) is 7.75. The predicted molar refractivity (Wildman–Crippen MR) is 87.5 cm³/mol. The Balaban J connectivity index is 2.05. The number of methoxy groups -OCH3 is 1. The Kier molecular flexibility index (Phi) is 4.20. The summed E-state index contributed by atoms with van der Waals surface area (Å²) in [7, 11) is 1.33. The third-order valence-electron chi connectivity index (χ3n) is 2.91. The molecule has 0 aliphatic heterocycles. The zero-order chi connectivity index (χ0) is 15.7. The minimum absolute atomic E-state index is 0.318. The third kappa shape index (κ3) is 2.88. The van der Waals surface area contributed by atoms with Crippen LogP contribution in [0.15, 0.2) is 36.5 Å². The quantitative estimate of drug-likeness (QED) is 0.480. The highest BCUT2D eigenvalue weighted by Gasteiger charge is 2.16. The highest BCUT2D eigenvalue weighted by atomic mass is 35.5. The van der Waals surface area contributed by atoms with E-state index in [1.807, 2.05) is 0 Å². The molecule has 0 unspecified atom stereocenters. The molecule has 0 saturated heterocycles. The number of pyridine rings is 1. The minimum Gasteiger partial charge on any atom is -0.465 e. The number of carbonyl (C=O) groups is 1. The molecule has 3 aromatic rings. The van der Waals surface area contributed by atoms with E-state index >= 15 is 0 Å². The van der Waals surface area contributed by atoms with Crippen molar-refractivity contribution in [2.24, 2.45) is 0 Å². The molecule has 22 heavy (non-hydrogen) atoms. The van der Waals surface area contributed by atoms with Crippen LogP contribution in [0.25, 0.3) is 10.1 Å². The van der Waals surface area contributed by atoms with Crippen LogP contribution in [0.1, 0.15) is 9.67 Å². The third-order valence-corrected chi connectivity index (χ3v) is 4.68. The van der Waals surface area contributed by atoms with Crippen molar-refractivity contribution in [3.05, 3.63) is 51.6 Å². The lowest BCUT2D eigenvalue weighted by Crippen LogP contribution is -1.96. The number of hydrogen-bond donors (Lipinski definition) is 0. The van der Waals surface area contributed by atoms with Crippen LogP contribution in [-0.2, 0) is 4.74 Å². The first-order valence-electron chi connectivity index (χ1n) is 6.18. The summed E-state index contributed by atoms with van der Waals surface area (Å²) in [4.78, 5) is 16.2. The van der Waals surface area contributed by atoms with Crippen molar-refractivity contribution in [1.82, 2.24) is 4.98 Å². The second-order valence-corrected chi connectivity index (χ2v) is 6.16. The van der Waals surface area contributed by atoms with Gasteiger partial charge in [-0.3, -0.25) is 0 Å². The molecule has 4 nitrogen and oxygen atoms in total. The zero-order valence-corrected chi connectivity index (χ0v) is 13.6. The first-order chi connectivity index (χ1) is 10.6. The van der Waals surface area contributed by atoms with E-state index in [0.29, 0.717) is 36.6 Å². The number of thiophene rings is 1. The molecule has 0 aliphatic rings. The Bertz CT molecular complexity index is 846. The topological polar surface area (TPSA) is 48.4 Å². The van der Waals surface area contributed by atoms with Gasteiger partial charge in [0.1, 0.15) is 15.8 Å². The van der Waals surface area contributed by atoms with Crippen molar-refractivity contribution in [2.45, 2.75) is 0 Å². The first kappa shape index (κ1) is 15.1. The Labute approximate surface area is 140 Å². The zero-order valence-electron chi connectivity index (χ0n) is 11.3. The number of benzene rings is 1. The number of halogens is 2. The molecule has 2 aromatic heterocycles. The molecule has 0 saturated carbocycles. The van der Waals surface area contributed by atoms with Crippen molar-refractivity contribution in [3.8, 4) is 11.5 Å². The maximum atomic E-state index is 11.7. The van der Waals surface area contributed by atoms with Crippen molar-refractivity contribution in [1.29, 1.82) is 0 Å². The molecule has 7 heteroatoms. The number of rotatable bonds is 3. The number of esters is 1. The van der Waals surface area contributed by atoms with Crippen LogP contribution in [0.2, 0.25) is 10.2 Å². The lowest BCUT2D eigenvalue weighted by Gasteiger charge is -2.07. The van der Waals surface area contributed by atoms with Gasteiger partial charge in [0.2, 0.25) is 0 Å². The van der Waals surface area contributed by atoms with Crippen LogP contribution in [0, 0.1) is 0 Å². The number of nitrogens with zero attached hydrogens (tertiary/aromatic N) is 1. The summed E-state index contributed by atoms with van der Waals surface area (Å²) in [5.74, 6) is 0.698. The van der Waals surface area contributed by atoms with Gasteiger partial charge in [-0.25, -0.2) is 9.78 Å². The second-order valence-electron chi connectivity index (χ2n) is 4.31. The van der Waals surface area contributed by atoms with Crippen LogP contribution < -0.4 is 4.74 Å². The lowest BCUT2D eigenvalue weighted by atomic mass is 10.3. The molecule has 3 rings (SSSR count). The summed E-state index contributed by atoms with van der Waals surface area (Å²) in [6.45, 7) is 0. The van der Waals surface area contributed by atoms with Crippen molar-refractivity contribution >= 4 is 50.6 Å². The molecule has 0 fully saturated rings. The van der Waals surface area contributed by atoms with E-state index in [2.05, 4.69) is 4.98 Å². The monoisotopic (exact) mass is 353 g/mol. The van der Waals surface area contributed by atoms with Gasteiger partial charge < -0.3 is 9.47 Å². The average Bonchev–Trinajstić information content (AvgIpc) is 2.98. The van der Waals surface area contributed by atoms with Gasteiger partial charge in [-0.1, -0.05) is 23.2 Å². The van der Waals surface area contributed by atoms with Crippen LogP contribution in [-0.4, -0.2) is 18.1 Å². The largest absolute Gasteiger partial charge is 0.465 e. The molecular formula is C15H9Cl2NO3S. The SMILES string of the molecule is COC(=O)c1cc2c(Oc3ccc(Cl)cc3)cnc(Cl)c2s1. The molecule has 0 atom stereocenters. The Hall–Kier alpha value is -1.82. The normalized spacial score (nSPS) is 10.7. The van der Waals surface area contributed by atoms with E-state index in [9.17, 15) is 4.79 Å². The van der Waals surface area contributed by atoms with E-state index < -0.39 is 5.97 Å². The molecule has 0 bridgehead atoms. The number of aromatic nitrogens is 1. The molecule has 112 valence electrons. The molecule has 0 amide bonds. The summed E-state index contributed by atoms with van der Waals surface area (Å²) >= 11 is 13.2. The maximum Gasteiger partial charge on any atom is 0.348 e. The van der Waals surface area contributed by atoms with Gasteiger partial charge in [0.25, 0.3) is 0 Å². The Morgan fingerprint density at radius 2 is 1.95 bits per heavy atom. The van der Waals surface area contributed by atoms with E-state index in [-0.39, 0.29) is 0 Å². The van der Waals surface area contributed by atoms with E-state index in [0.717, 1.165) is 0 Å². The molecule has 0 N–H and O–H groups in total. The molecule has 1 aromatic carbocycles. The second kappa shape index (κ2) is 6.12. The number of hydrogen-bond acceptors (Lipinski definition) is 5. The fraction of sp³-hybridized carbons (Fsp3) is 0.0667. The highest BCUT2D eigenvalue weighted by molar-refractivity contribution is 7.21.